The number of carboxylic acids is 1. The van der Waals surface area contributed by atoms with Crippen molar-refractivity contribution in [2.24, 2.45) is 0 Å². The van der Waals surface area contributed by atoms with Crippen molar-refractivity contribution in [3.63, 3.8) is 0 Å². The predicted octanol–water partition coefficient (Wildman–Crippen LogP) is -2.81. The maximum Gasteiger partial charge on any atom is 1.00 e. The number of hydrogen-bond acceptors (Lipinski definition) is 2. The summed E-state index contributed by atoms with van der Waals surface area (Å²) < 4.78 is 12.4. The Labute approximate surface area is 106 Å². The summed E-state index contributed by atoms with van der Waals surface area (Å²) in [5.41, 5.74) is -0.400. The summed E-state index contributed by atoms with van der Waals surface area (Å²) in [7, 11) is 0. The van der Waals surface area contributed by atoms with Crippen LogP contribution in [0.1, 0.15) is 10.4 Å². The van der Waals surface area contributed by atoms with Gasteiger partial charge in [0.25, 0.3) is 0 Å². The number of carbonyl (C=O) groups excluding carboxylic acids is 1. The zero-order chi connectivity index (χ0) is 7.56. The van der Waals surface area contributed by atoms with Crippen LogP contribution in [0, 0.1) is 5.82 Å². The minimum Gasteiger partial charge on any atom is -0.545 e. The molecule has 1 aromatic rings. The zero-order valence-electron chi connectivity index (χ0n) is 6.00. The molecule has 4 heteroatoms. The topological polar surface area (TPSA) is 40.1 Å². The van der Waals surface area contributed by atoms with E-state index in [9.17, 15) is 14.3 Å². The normalized spacial score (nSPS) is 8.45. The van der Waals surface area contributed by atoms with E-state index in [1.54, 1.807) is 0 Å². The Bertz CT molecular complexity index is 262. The molecule has 0 bridgehead atoms. The van der Waals surface area contributed by atoms with Gasteiger partial charge in [0.2, 0.25) is 0 Å². The minimum absolute atomic E-state index is 0. The molecular formula is C7H4FKO2. The third kappa shape index (κ3) is 3.00. The molecule has 0 radical (unpaired) electrons. The summed E-state index contributed by atoms with van der Waals surface area (Å²) in [5, 5.41) is 10.1. The fourth-order valence-corrected chi connectivity index (χ4v) is 0.627. The molecule has 52 valence electrons. The molecule has 0 saturated heterocycles. The predicted molar refractivity (Wildman–Crippen MR) is 30.7 cm³/mol. The molecule has 0 heterocycles. The number of rotatable bonds is 1. The Balaban J connectivity index is 0.000001000. The number of halogens is 1. The number of carbonyl (C=O) groups is 1. The van der Waals surface area contributed by atoms with Gasteiger partial charge in [-0.3, -0.25) is 0 Å². The third-order valence-electron chi connectivity index (χ3n) is 1.09. The molecule has 0 saturated carbocycles. The van der Waals surface area contributed by atoms with E-state index in [2.05, 4.69) is 0 Å². The van der Waals surface area contributed by atoms with Crippen LogP contribution < -0.4 is 56.5 Å². The molecular weight excluding hydrogens is 174 g/mol. The van der Waals surface area contributed by atoms with Gasteiger partial charge in [0, 0.05) is 5.56 Å². The Morgan fingerprint density at radius 1 is 1.36 bits per heavy atom. The molecule has 0 spiro atoms. The van der Waals surface area contributed by atoms with Gasteiger partial charge in [-0.25, -0.2) is 4.39 Å². The minimum atomic E-state index is -1.49. The molecule has 2 nitrogen and oxygen atoms in total. The quantitative estimate of drug-likeness (QED) is 0.436. The van der Waals surface area contributed by atoms with Gasteiger partial charge >= 0.3 is 51.4 Å². The largest absolute Gasteiger partial charge is 1.00 e. The van der Waals surface area contributed by atoms with Gasteiger partial charge in [-0.05, 0) is 6.07 Å². The number of hydrogen-bond donors (Lipinski definition) is 0. The summed E-state index contributed by atoms with van der Waals surface area (Å²) in [4.78, 5) is 10.1. The Kier molecular flexibility index (Phi) is 5.12. The standard InChI is InChI=1S/C7H5FO2.K/c8-6-4-2-1-3-5(6)7(9)10;/h1-4H,(H,9,10);/q;+1/p-1. The molecule has 0 aliphatic rings. The molecule has 1 rings (SSSR count). The summed E-state index contributed by atoms with van der Waals surface area (Å²) in [6, 6.07) is 5.09. The van der Waals surface area contributed by atoms with Crippen molar-refractivity contribution in [3.8, 4) is 0 Å². The second kappa shape index (κ2) is 5.00. The fraction of sp³-hybridized carbons (Fsp3) is 0. The van der Waals surface area contributed by atoms with E-state index in [1.807, 2.05) is 0 Å². The van der Waals surface area contributed by atoms with E-state index in [-0.39, 0.29) is 51.4 Å². The van der Waals surface area contributed by atoms with Gasteiger partial charge in [-0.15, -0.1) is 0 Å². The van der Waals surface area contributed by atoms with E-state index in [4.69, 9.17) is 0 Å². The molecule has 0 aliphatic carbocycles. The number of carboxylic acid groups (broad SMARTS) is 1. The van der Waals surface area contributed by atoms with Gasteiger partial charge in [0.05, 0.1) is 5.97 Å². The van der Waals surface area contributed by atoms with E-state index < -0.39 is 17.3 Å². The second-order valence-electron chi connectivity index (χ2n) is 1.77. The monoisotopic (exact) mass is 178 g/mol. The summed E-state index contributed by atoms with van der Waals surface area (Å²) >= 11 is 0. The SMILES string of the molecule is O=C([O-])c1ccccc1F.[K+]. The van der Waals surface area contributed by atoms with Gasteiger partial charge in [0.15, 0.2) is 0 Å². The van der Waals surface area contributed by atoms with Crippen LogP contribution in [0.25, 0.3) is 0 Å². The maximum atomic E-state index is 12.4. The van der Waals surface area contributed by atoms with Gasteiger partial charge in [0.1, 0.15) is 5.82 Å². The zero-order valence-corrected chi connectivity index (χ0v) is 9.13. The van der Waals surface area contributed by atoms with E-state index in [0.717, 1.165) is 12.1 Å². The van der Waals surface area contributed by atoms with Crippen LogP contribution in [0.15, 0.2) is 24.3 Å². The first-order chi connectivity index (χ1) is 4.72. The molecule has 1 aromatic carbocycles. The number of benzene rings is 1. The summed E-state index contributed by atoms with van der Waals surface area (Å²) in [6.45, 7) is 0. The smallest absolute Gasteiger partial charge is 0.545 e. The van der Waals surface area contributed by atoms with Gasteiger partial charge in [-0.2, -0.15) is 0 Å². The average Bonchev–Trinajstić information content (AvgIpc) is 1.88. The van der Waals surface area contributed by atoms with Gasteiger partial charge < -0.3 is 9.90 Å². The summed E-state index contributed by atoms with van der Waals surface area (Å²) in [6.07, 6.45) is 0. The van der Waals surface area contributed by atoms with Crippen LogP contribution in [0.2, 0.25) is 0 Å². The van der Waals surface area contributed by atoms with E-state index in [1.165, 1.54) is 12.1 Å². The van der Waals surface area contributed by atoms with Crippen molar-refractivity contribution in [2.45, 2.75) is 0 Å². The first-order valence-electron chi connectivity index (χ1n) is 2.67. The molecule has 0 unspecified atom stereocenters. The Hall–Kier alpha value is 0.256. The van der Waals surface area contributed by atoms with E-state index >= 15 is 0 Å². The van der Waals surface area contributed by atoms with Crippen molar-refractivity contribution < 1.29 is 65.7 Å². The fourth-order valence-electron chi connectivity index (χ4n) is 0.627. The van der Waals surface area contributed by atoms with E-state index in [0.29, 0.717) is 0 Å². The van der Waals surface area contributed by atoms with Gasteiger partial charge in [-0.1, -0.05) is 18.2 Å². The van der Waals surface area contributed by atoms with Crippen LogP contribution in [0.5, 0.6) is 0 Å². The number of aromatic carboxylic acids is 1. The average molecular weight is 178 g/mol. The molecule has 0 N–H and O–H groups in total. The van der Waals surface area contributed by atoms with Crippen molar-refractivity contribution in [1.82, 2.24) is 0 Å². The van der Waals surface area contributed by atoms with Crippen molar-refractivity contribution in [3.05, 3.63) is 35.6 Å². The first kappa shape index (κ1) is 11.3. The van der Waals surface area contributed by atoms with Crippen molar-refractivity contribution >= 4 is 5.97 Å². The second-order valence-corrected chi connectivity index (χ2v) is 1.77. The first-order valence-corrected chi connectivity index (χ1v) is 2.67. The Morgan fingerprint density at radius 3 is 2.27 bits per heavy atom. The molecule has 0 atom stereocenters. The molecule has 0 aromatic heterocycles. The third-order valence-corrected chi connectivity index (χ3v) is 1.09. The molecule has 0 fully saturated rings. The molecule has 0 amide bonds. The van der Waals surface area contributed by atoms with Crippen molar-refractivity contribution in [1.29, 1.82) is 0 Å². The van der Waals surface area contributed by atoms with Crippen LogP contribution in [0.4, 0.5) is 4.39 Å². The Morgan fingerprint density at radius 2 is 1.91 bits per heavy atom. The van der Waals surface area contributed by atoms with Crippen molar-refractivity contribution in [2.75, 3.05) is 0 Å². The van der Waals surface area contributed by atoms with Crippen LogP contribution in [-0.4, -0.2) is 5.97 Å². The molecule has 11 heavy (non-hydrogen) atoms. The van der Waals surface area contributed by atoms with Crippen LogP contribution in [-0.2, 0) is 0 Å². The maximum absolute atomic E-state index is 12.4. The van der Waals surface area contributed by atoms with Crippen LogP contribution >= 0.6 is 0 Å². The van der Waals surface area contributed by atoms with Crippen LogP contribution in [0.3, 0.4) is 0 Å². The summed E-state index contributed by atoms with van der Waals surface area (Å²) in [5.74, 6) is -2.25. The molecule has 0 aliphatic heterocycles.